The average molecular weight is 425 g/mol. The van der Waals surface area contributed by atoms with Crippen LogP contribution in [0.1, 0.15) is 47.9 Å². The van der Waals surface area contributed by atoms with E-state index in [0.717, 1.165) is 16.7 Å². The van der Waals surface area contributed by atoms with Crippen LogP contribution in [0.5, 0.6) is 11.5 Å². The van der Waals surface area contributed by atoms with Gasteiger partial charge in [-0.1, -0.05) is 74.5 Å². The fourth-order valence-electron chi connectivity index (χ4n) is 3.85. The number of nitrogens with two attached hydrogens (primary N) is 1. The van der Waals surface area contributed by atoms with Crippen molar-refractivity contribution < 1.29 is 14.3 Å². The molecule has 160 valence electrons. The molecular formula is C27H24N2O3. The highest BCUT2D eigenvalue weighted by Crippen LogP contribution is 2.43. The Balaban J connectivity index is 1.62. The van der Waals surface area contributed by atoms with Gasteiger partial charge in [0.1, 0.15) is 23.1 Å². The first kappa shape index (κ1) is 21.2. The molecule has 5 heteroatoms. The summed E-state index contributed by atoms with van der Waals surface area (Å²) in [5, 5.41) is 9.74. The fourth-order valence-corrected chi connectivity index (χ4v) is 3.85. The molecule has 2 N–H and O–H groups in total. The van der Waals surface area contributed by atoms with Crippen LogP contribution in [0.4, 0.5) is 0 Å². The first-order chi connectivity index (χ1) is 15.5. The largest absolute Gasteiger partial charge is 0.440 e. The van der Waals surface area contributed by atoms with E-state index >= 15 is 0 Å². The molecule has 0 saturated heterocycles. The van der Waals surface area contributed by atoms with Crippen molar-refractivity contribution in [2.45, 2.75) is 32.1 Å². The van der Waals surface area contributed by atoms with E-state index in [-0.39, 0.29) is 24.2 Å². The Morgan fingerprint density at radius 3 is 2.47 bits per heavy atom. The Morgan fingerprint density at radius 2 is 1.81 bits per heavy atom. The number of allylic oxidation sites excluding steroid dienone is 1. The highest BCUT2D eigenvalue weighted by Gasteiger charge is 2.31. The highest BCUT2D eigenvalue weighted by atomic mass is 16.5. The Hall–Kier alpha value is -4.04. The number of hydrogen-bond acceptors (Lipinski definition) is 5. The summed E-state index contributed by atoms with van der Waals surface area (Å²) in [4.78, 5) is 12.3. The summed E-state index contributed by atoms with van der Waals surface area (Å²) in [6, 6.07) is 25.0. The molecule has 0 spiro atoms. The van der Waals surface area contributed by atoms with E-state index < -0.39 is 0 Å². The lowest BCUT2D eigenvalue weighted by molar-refractivity contribution is -0.133. The predicted octanol–water partition coefficient (Wildman–Crippen LogP) is 5.18. The van der Waals surface area contributed by atoms with Crippen LogP contribution < -0.4 is 15.2 Å². The van der Waals surface area contributed by atoms with E-state index in [9.17, 15) is 10.1 Å². The topological polar surface area (TPSA) is 85.3 Å². The molecule has 1 aliphatic rings. The zero-order valence-electron chi connectivity index (χ0n) is 18.0. The maximum Gasteiger partial charge on any atom is 0.315 e. The first-order valence-electron chi connectivity index (χ1n) is 10.5. The van der Waals surface area contributed by atoms with Crippen LogP contribution in [0.15, 0.2) is 84.3 Å². The minimum atomic E-state index is -0.367. The van der Waals surface area contributed by atoms with Gasteiger partial charge < -0.3 is 15.2 Å². The number of carbonyl (C=O) groups excluding carboxylic acids is 1. The van der Waals surface area contributed by atoms with Gasteiger partial charge in [-0.25, -0.2) is 0 Å². The molecule has 5 nitrogen and oxygen atoms in total. The average Bonchev–Trinajstić information content (AvgIpc) is 2.78. The summed E-state index contributed by atoms with van der Waals surface area (Å²) in [6.45, 7) is 4.27. The van der Waals surface area contributed by atoms with Crippen molar-refractivity contribution in [3.8, 4) is 17.6 Å². The van der Waals surface area contributed by atoms with Gasteiger partial charge in [0.2, 0.25) is 5.88 Å². The third-order valence-electron chi connectivity index (χ3n) is 5.55. The van der Waals surface area contributed by atoms with Crippen molar-refractivity contribution in [3.05, 3.63) is 107 Å². The van der Waals surface area contributed by atoms with Crippen LogP contribution in [-0.4, -0.2) is 5.97 Å². The molecule has 0 fully saturated rings. The molecule has 0 aromatic heterocycles. The molecule has 0 bridgehead atoms. The second-order valence-corrected chi connectivity index (χ2v) is 8.08. The zero-order chi connectivity index (χ0) is 22.7. The molecule has 3 aromatic carbocycles. The van der Waals surface area contributed by atoms with Crippen molar-refractivity contribution in [2.24, 2.45) is 5.73 Å². The van der Waals surface area contributed by atoms with Gasteiger partial charge in [0.15, 0.2) is 0 Å². The SMILES string of the molecule is CC(C)c1ccc(C2C(C#N)=C(N)Oc3cc(OC(=O)Cc4ccccc4)ccc32)cc1. The summed E-state index contributed by atoms with van der Waals surface area (Å²) in [7, 11) is 0. The lowest BCUT2D eigenvalue weighted by Gasteiger charge is -2.27. The van der Waals surface area contributed by atoms with Gasteiger partial charge >= 0.3 is 5.97 Å². The second-order valence-electron chi connectivity index (χ2n) is 8.08. The van der Waals surface area contributed by atoms with Gasteiger partial charge in [0.25, 0.3) is 0 Å². The number of benzene rings is 3. The first-order valence-corrected chi connectivity index (χ1v) is 10.5. The number of fused-ring (bicyclic) bond motifs is 1. The molecular weight excluding hydrogens is 400 g/mol. The lowest BCUT2D eigenvalue weighted by Crippen LogP contribution is -2.21. The molecule has 0 aliphatic carbocycles. The number of rotatable bonds is 5. The number of carbonyl (C=O) groups is 1. The van der Waals surface area contributed by atoms with Gasteiger partial charge in [-0.2, -0.15) is 5.26 Å². The van der Waals surface area contributed by atoms with Gasteiger partial charge in [-0.15, -0.1) is 0 Å². The Morgan fingerprint density at radius 1 is 1.09 bits per heavy atom. The monoisotopic (exact) mass is 424 g/mol. The Bertz CT molecular complexity index is 1210. The highest BCUT2D eigenvalue weighted by molar-refractivity contribution is 5.75. The van der Waals surface area contributed by atoms with Gasteiger partial charge in [-0.05, 0) is 28.7 Å². The van der Waals surface area contributed by atoms with Crippen LogP contribution in [0.3, 0.4) is 0 Å². The number of ether oxygens (including phenoxy) is 2. The normalized spacial score (nSPS) is 15.0. The van der Waals surface area contributed by atoms with Crippen LogP contribution >= 0.6 is 0 Å². The summed E-state index contributed by atoms with van der Waals surface area (Å²) < 4.78 is 11.2. The van der Waals surface area contributed by atoms with Gasteiger partial charge in [0.05, 0.1) is 12.3 Å². The van der Waals surface area contributed by atoms with E-state index in [4.69, 9.17) is 15.2 Å². The van der Waals surface area contributed by atoms with Crippen LogP contribution in [0.2, 0.25) is 0 Å². The summed E-state index contributed by atoms with van der Waals surface area (Å²) >= 11 is 0. The standard InChI is InChI=1S/C27H24N2O3/c1-17(2)19-8-10-20(11-9-19)26-22-13-12-21(15-24(22)32-27(29)23(26)16-28)31-25(30)14-18-6-4-3-5-7-18/h3-13,15,17,26H,14,29H2,1-2H3. The van der Waals surface area contributed by atoms with Crippen LogP contribution in [-0.2, 0) is 11.2 Å². The van der Waals surface area contributed by atoms with E-state index in [1.165, 1.54) is 5.56 Å². The molecule has 0 saturated carbocycles. The zero-order valence-corrected chi connectivity index (χ0v) is 18.0. The van der Waals surface area contributed by atoms with E-state index in [2.05, 4.69) is 32.0 Å². The van der Waals surface area contributed by atoms with E-state index in [1.807, 2.05) is 48.5 Å². The number of esters is 1. The van der Waals surface area contributed by atoms with Crippen LogP contribution in [0, 0.1) is 11.3 Å². The quantitative estimate of drug-likeness (QED) is 0.451. The van der Waals surface area contributed by atoms with Crippen molar-refractivity contribution in [1.29, 1.82) is 5.26 Å². The number of nitrogens with zero attached hydrogens (tertiary/aromatic N) is 1. The van der Waals surface area contributed by atoms with Gasteiger partial charge in [0, 0.05) is 11.6 Å². The predicted molar refractivity (Wildman–Crippen MR) is 122 cm³/mol. The molecule has 0 amide bonds. The number of nitriles is 1. The second kappa shape index (κ2) is 8.99. The van der Waals surface area contributed by atoms with E-state index in [1.54, 1.807) is 12.1 Å². The Kier molecular flexibility index (Phi) is 5.96. The third kappa shape index (κ3) is 4.35. The summed E-state index contributed by atoms with van der Waals surface area (Å²) in [5.74, 6) is 0.602. The minimum Gasteiger partial charge on any atom is -0.440 e. The molecule has 4 rings (SSSR count). The number of hydrogen-bond donors (Lipinski definition) is 1. The van der Waals surface area contributed by atoms with Crippen molar-refractivity contribution >= 4 is 5.97 Å². The molecule has 1 heterocycles. The van der Waals surface area contributed by atoms with Gasteiger partial charge in [-0.3, -0.25) is 4.79 Å². The Labute approximate surface area is 187 Å². The lowest BCUT2D eigenvalue weighted by atomic mass is 9.83. The smallest absolute Gasteiger partial charge is 0.315 e. The van der Waals surface area contributed by atoms with E-state index in [0.29, 0.717) is 23.0 Å². The van der Waals surface area contributed by atoms with Crippen molar-refractivity contribution in [2.75, 3.05) is 0 Å². The van der Waals surface area contributed by atoms with Crippen LogP contribution in [0.25, 0.3) is 0 Å². The summed E-state index contributed by atoms with van der Waals surface area (Å²) in [5.41, 5.74) is 10.3. The minimum absolute atomic E-state index is 0.0608. The maximum absolute atomic E-state index is 12.3. The molecule has 1 unspecified atom stereocenters. The molecule has 3 aromatic rings. The molecule has 0 radical (unpaired) electrons. The van der Waals surface area contributed by atoms with Crippen molar-refractivity contribution in [1.82, 2.24) is 0 Å². The third-order valence-corrected chi connectivity index (χ3v) is 5.55. The van der Waals surface area contributed by atoms with Crippen molar-refractivity contribution in [3.63, 3.8) is 0 Å². The molecule has 1 atom stereocenters. The fraction of sp³-hybridized carbons (Fsp3) is 0.185. The summed E-state index contributed by atoms with van der Waals surface area (Å²) in [6.07, 6.45) is 0.171. The molecule has 32 heavy (non-hydrogen) atoms. The maximum atomic E-state index is 12.3. The molecule has 1 aliphatic heterocycles.